The highest BCUT2D eigenvalue weighted by molar-refractivity contribution is 9.09. The average molecular weight is 329 g/mol. The average Bonchev–Trinajstić information content (AvgIpc) is 2.37. The zero-order valence-corrected chi connectivity index (χ0v) is 11.5. The number of aromatic nitrogens is 2. The van der Waals surface area contributed by atoms with Crippen LogP contribution in [0.5, 0.6) is 0 Å². The van der Waals surface area contributed by atoms with E-state index < -0.39 is 23.5 Å². The summed E-state index contributed by atoms with van der Waals surface area (Å²) in [6.45, 7) is 0. The molecule has 0 saturated heterocycles. The molecule has 0 aliphatic carbocycles. The monoisotopic (exact) mass is 328 g/mol. The predicted molar refractivity (Wildman–Crippen MR) is 74.6 cm³/mol. The molecule has 0 aliphatic rings. The molecule has 0 radical (unpaired) electrons. The second kappa shape index (κ2) is 5.68. The van der Waals surface area contributed by atoms with Gasteiger partial charge in [-0.05, 0) is 24.1 Å². The minimum absolute atomic E-state index is 0.266. The summed E-state index contributed by atoms with van der Waals surface area (Å²) in [5, 5.41) is 20.5. The van der Waals surface area contributed by atoms with Gasteiger partial charge in [0.15, 0.2) is 0 Å². The number of nitrogens with one attached hydrogen (secondary N) is 2. The van der Waals surface area contributed by atoms with Crippen LogP contribution < -0.4 is 11.2 Å². The molecule has 0 spiro atoms. The molecular formula is C12H13BrN2O4. The Kier molecular flexibility index (Phi) is 4.18. The van der Waals surface area contributed by atoms with E-state index in [2.05, 4.69) is 25.9 Å². The fourth-order valence-electron chi connectivity index (χ4n) is 1.86. The molecule has 2 atom stereocenters. The van der Waals surface area contributed by atoms with Gasteiger partial charge in [0, 0.05) is 5.33 Å². The number of aromatic amines is 2. The normalized spacial score (nSPS) is 14.5. The van der Waals surface area contributed by atoms with Crippen LogP contribution in [0.2, 0.25) is 0 Å². The van der Waals surface area contributed by atoms with Crippen LogP contribution in [0.3, 0.4) is 0 Å². The highest BCUT2D eigenvalue weighted by Crippen LogP contribution is 2.21. The van der Waals surface area contributed by atoms with E-state index in [1.165, 1.54) is 12.1 Å². The highest BCUT2D eigenvalue weighted by atomic mass is 79.9. The number of aliphatic hydroxyl groups excluding tert-OH is 2. The summed E-state index contributed by atoms with van der Waals surface area (Å²) in [5.41, 5.74) is -0.286. The maximum absolute atomic E-state index is 11.6. The van der Waals surface area contributed by atoms with Gasteiger partial charge in [-0.2, -0.15) is 0 Å². The van der Waals surface area contributed by atoms with E-state index in [1.54, 1.807) is 6.07 Å². The van der Waals surface area contributed by atoms with E-state index in [0.717, 1.165) is 0 Å². The molecule has 4 N–H and O–H groups in total. The molecule has 2 aromatic rings. The smallest absolute Gasteiger partial charge is 0.326 e. The first-order valence-electron chi connectivity index (χ1n) is 5.71. The van der Waals surface area contributed by atoms with E-state index in [0.29, 0.717) is 22.8 Å². The number of H-pyrrole nitrogens is 2. The van der Waals surface area contributed by atoms with E-state index in [1.807, 2.05) is 0 Å². The molecule has 2 rings (SSSR count). The van der Waals surface area contributed by atoms with Crippen molar-refractivity contribution in [2.75, 3.05) is 5.33 Å². The van der Waals surface area contributed by atoms with E-state index in [9.17, 15) is 19.8 Å². The van der Waals surface area contributed by atoms with Gasteiger partial charge < -0.3 is 15.2 Å². The first-order chi connectivity index (χ1) is 9.02. The number of alkyl halides is 1. The summed E-state index contributed by atoms with van der Waals surface area (Å²) in [5.74, 6) is 0. The molecule has 7 heteroatoms. The Balaban J connectivity index is 2.47. The third kappa shape index (κ3) is 2.94. The zero-order chi connectivity index (χ0) is 14.0. The Morgan fingerprint density at radius 1 is 1.21 bits per heavy atom. The first-order valence-corrected chi connectivity index (χ1v) is 6.83. The summed E-state index contributed by atoms with van der Waals surface area (Å²) >= 11 is 3.18. The standard InChI is InChI=1S/C12H13BrN2O4/c13-4-3-9(16)10(17)6-1-2-8-7(5-6)11(18)15-12(19)14-8/h1-2,5,9-10,16-17H,3-4H2,(H2,14,15,18,19). The number of aliphatic hydroxyl groups is 2. The maximum atomic E-state index is 11.6. The lowest BCUT2D eigenvalue weighted by molar-refractivity contribution is 0.0174. The van der Waals surface area contributed by atoms with Crippen molar-refractivity contribution in [3.63, 3.8) is 0 Å². The van der Waals surface area contributed by atoms with E-state index in [-0.39, 0.29) is 5.39 Å². The largest absolute Gasteiger partial charge is 0.390 e. The number of halogens is 1. The van der Waals surface area contributed by atoms with Gasteiger partial charge in [-0.1, -0.05) is 22.0 Å². The molecule has 2 unspecified atom stereocenters. The van der Waals surface area contributed by atoms with Crippen molar-refractivity contribution in [1.29, 1.82) is 0 Å². The predicted octanol–water partition coefficient (Wildman–Crippen LogP) is 0.396. The summed E-state index contributed by atoms with van der Waals surface area (Å²) in [6, 6.07) is 4.57. The van der Waals surface area contributed by atoms with Gasteiger partial charge in [0.05, 0.1) is 17.0 Å². The molecule has 0 aliphatic heterocycles. The Morgan fingerprint density at radius 3 is 2.63 bits per heavy atom. The van der Waals surface area contributed by atoms with Gasteiger partial charge in [0.2, 0.25) is 0 Å². The van der Waals surface area contributed by atoms with Crippen LogP contribution in [-0.4, -0.2) is 31.6 Å². The highest BCUT2D eigenvalue weighted by Gasteiger charge is 2.18. The zero-order valence-electron chi connectivity index (χ0n) is 9.89. The number of fused-ring (bicyclic) bond motifs is 1. The molecule has 0 bridgehead atoms. The minimum Gasteiger partial charge on any atom is -0.390 e. The summed E-state index contributed by atoms with van der Waals surface area (Å²) in [7, 11) is 0. The Labute approximate surface area is 116 Å². The summed E-state index contributed by atoms with van der Waals surface area (Å²) < 4.78 is 0. The quantitative estimate of drug-likeness (QED) is 0.609. The van der Waals surface area contributed by atoms with Gasteiger partial charge in [-0.15, -0.1) is 0 Å². The molecule has 0 saturated carbocycles. The van der Waals surface area contributed by atoms with Crippen molar-refractivity contribution in [2.24, 2.45) is 0 Å². The fourth-order valence-corrected chi connectivity index (χ4v) is 2.33. The second-order valence-corrected chi connectivity index (χ2v) is 5.00. The van der Waals surface area contributed by atoms with Crippen LogP contribution in [0, 0.1) is 0 Å². The third-order valence-electron chi connectivity index (χ3n) is 2.87. The fraction of sp³-hybridized carbons (Fsp3) is 0.333. The molecule has 102 valence electrons. The Hall–Kier alpha value is -1.44. The molecular weight excluding hydrogens is 316 g/mol. The summed E-state index contributed by atoms with van der Waals surface area (Å²) in [6.07, 6.45) is -1.60. The van der Waals surface area contributed by atoms with Crippen LogP contribution in [-0.2, 0) is 0 Å². The van der Waals surface area contributed by atoms with Crippen LogP contribution >= 0.6 is 15.9 Å². The van der Waals surface area contributed by atoms with Gasteiger partial charge in [0.1, 0.15) is 6.10 Å². The molecule has 6 nitrogen and oxygen atoms in total. The topological polar surface area (TPSA) is 106 Å². The van der Waals surface area contributed by atoms with E-state index >= 15 is 0 Å². The van der Waals surface area contributed by atoms with Crippen molar-refractivity contribution >= 4 is 26.8 Å². The molecule has 1 heterocycles. The van der Waals surface area contributed by atoms with Gasteiger partial charge in [-0.25, -0.2) is 4.79 Å². The molecule has 0 fully saturated rings. The second-order valence-electron chi connectivity index (χ2n) is 4.20. The number of benzene rings is 1. The maximum Gasteiger partial charge on any atom is 0.326 e. The minimum atomic E-state index is -1.08. The van der Waals surface area contributed by atoms with Crippen LogP contribution in [0.15, 0.2) is 27.8 Å². The lowest BCUT2D eigenvalue weighted by Crippen LogP contribution is -2.23. The van der Waals surface area contributed by atoms with Crippen molar-refractivity contribution < 1.29 is 10.2 Å². The lowest BCUT2D eigenvalue weighted by atomic mass is 10.0. The molecule has 1 aromatic heterocycles. The molecule has 0 amide bonds. The number of hydrogen-bond acceptors (Lipinski definition) is 4. The van der Waals surface area contributed by atoms with Crippen molar-refractivity contribution in [3.05, 3.63) is 44.6 Å². The number of rotatable bonds is 4. The van der Waals surface area contributed by atoms with Crippen molar-refractivity contribution in [1.82, 2.24) is 9.97 Å². The third-order valence-corrected chi connectivity index (χ3v) is 3.33. The van der Waals surface area contributed by atoms with Crippen LogP contribution in [0.4, 0.5) is 0 Å². The van der Waals surface area contributed by atoms with Gasteiger partial charge in [-0.3, -0.25) is 9.78 Å². The van der Waals surface area contributed by atoms with Gasteiger partial charge in [0.25, 0.3) is 5.56 Å². The summed E-state index contributed by atoms with van der Waals surface area (Å²) in [4.78, 5) is 27.4. The van der Waals surface area contributed by atoms with Crippen molar-refractivity contribution in [2.45, 2.75) is 18.6 Å². The Bertz CT molecular complexity index is 694. The van der Waals surface area contributed by atoms with E-state index in [4.69, 9.17) is 0 Å². The lowest BCUT2D eigenvalue weighted by Gasteiger charge is -2.17. The van der Waals surface area contributed by atoms with Crippen LogP contribution in [0.25, 0.3) is 10.9 Å². The Morgan fingerprint density at radius 2 is 1.95 bits per heavy atom. The van der Waals surface area contributed by atoms with Crippen LogP contribution in [0.1, 0.15) is 18.1 Å². The molecule has 1 aromatic carbocycles. The number of hydrogen-bond donors (Lipinski definition) is 4. The molecule has 19 heavy (non-hydrogen) atoms. The van der Waals surface area contributed by atoms with Crippen molar-refractivity contribution in [3.8, 4) is 0 Å². The van der Waals surface area contributed by atoms with Gasteiger partial charge >= 0.3 is 5.69 Å². The SMILES string of the molecule is O=c1[nH]c(=O)c2cc(C(O)C(O)CCBr)ccc2[nH]1. The first kappa shape index (κ1) is 14.0.